The van der Waals surface area contributed by atoms with Gasteiger partial charge in [-0.05, 0) is 18.2 Å². The lowest BCUT2D eigenvalue weighted by atomic mass is 10.2. The van der Waals surface area contributed by atoms with E-state index >= 15 is 0 Å². The summed E-state index contributed by atoms with van der Waals surface area (Å²) in [6.45, 7) is 0. The van der Waals surface area contributed by atoms with Crippen molar-refractivity contribution in [1.82, 2.24) is 4.98 Å². The van der Waals surface area contributed by atoms with E-state index in [1.165, 1.54) is 0 Å². The molecule has 1 heterocycles. The Morgan fingerprint density at radius 3 is 2.63 bits per heavy atom. The molecule has 98 valence electrons. The molecule has 1 aromatic heterocycles. The molecule has 0 aliphatic heterocycles. The minimum absolute atomic E-state index is 0.0661. The molecule has 0 saturated carbocycles. The Morgan fingerprint density at radius 2 is 2.05 bits per heavy atom. The maximum atomic E-state index is 13.3. The van der Waals surface area contributed by atoms with E-state index < -0.39 is 17.6 Å². The fourth-order valence-electron chi connectivity index (χ4n) is 1.33. The van der Waals surface area contributed by atoms with Crippen LogP contribution in [0.4, 0.5) is 14.5 Å². The first-order valence-corrected chi connectivity index (χ1v) is 5.09. The third-order valence-electron chi connectivity index (χ3n) is 2.23. The van der Waals surface area contributed by atoms with Crippen LogP contribution >= 0.6 is 0 Å². The number of rotatable bonds is 3. The summed E-state index contributed by atoms with van der Waals surface area (Å²) in [7, 11) is 0. The standard InChI is InChI=1S/C12H8F2N2O3/c13-7-1-2-10(8(14)4-7)19-11-9(15)3-6(5-16-11)12(17)18/h1-5H,15H2,(H,17,18). The Morgan fingerprint density at radius 1 is 1.32 bits per heavy atom. The van der Waals surface area contributed by atoms with Crippen molar-refractivity contribution < 1.29 is 23.4 Å². The van der Waals surface area contributed by atoms with E-state index in [1.54, 1.807) is 0 Å². The Hall–Kier alpha value is -2.70. The van der Waals surface area contributed by atoms with Gasteiger partial charge in [0.25, 0.3) is 0 Å². The number of benzene rings is 1. The molecule has 0 spiro atoms. The van der Waals surface area contributed by atoms with Crippen molar-refractivity contribution in [2.45, 2.75) is 0 Å². The number of nitrogens with zero attached hydrogens (tertiary/aromatic N) is 1. The normalized spacial score (nSPS) is 10.2. The van der Waals surface area contributed by atoms with Gasteiger partial charge in [-0.1, -0.05) is 0 Å². The lowest BCUT2D eigenvalue weighted by molar-refractivity contribution is 0.0696. The highest BCUT2D eigenvalue weighted by Crippen LogP contribution is 2.27. The molecule has 7 heteroatoms. The molecule has 0 bridgehead atoms. The summed E-state index contributed by atoms with van der Waals surface area (Å²) in [4.78, 5) is 14.3. The van der Waals surface area contributed by atoms with Crippen LogP contribution in [0.25, 0.3) is 0 Å². The Kier molecular flexibility index (Phi) is 3.28. The van der Waals surface area contributed by atoms with Crippen LogP contribution < -0.4 is 10.5 Å². The molecule has 0 unspecified atom stereocenters. The highest BCUT2D eigenvalue weighted by Gasteiger charge is 2.12. The Bertz CT molecular complexity index is 647. The van der Waals surface area contributed by atoms with E-state index in [9.17, 15) is 13.6 Å². The van der Waals surface area contributed by atoms with E-state index in [4.69, 9.17) is 15.6 Å². The maximum absolute atomic E-state index is 13.3. The topological polar surface area (TPSA) is 85.4 Å². The molecule has 0 amide bonds. The number of hydrogen-bond acceptors (Lipinski definition) is 4. The van der Waals surface area contributed by atoms with Crippen LogP contribution in [0.1, 0.15) is 10.4 Å². The van der Waals surface area contributed by atoms with Crippen LogP contribution in [-0.2, 0) is 0 Å². The number of carbonyl (C=O) groups is 1. The molecular formula is C12H8F2N2O3. The average Bonchev–Trinajstić information content (AvgIpc) is 2.34. The molecule has 2 aromatic rings. The SMILES string of the molecule is Nc1cc(C(=O)O)cnc1Oc1ccc(F)cc1F. The molecule has 0 saturated heterocycles. The summed E-state index contributed by atoms with van der Waals surface area (Å²) in [6, 6.07) is 3.88. The van der Waals surface area contributed by atoms with Gasteiger partial charge in [0.05, 0.1) is 11.3 Å². The van der Waals surface area contributed by atoms with Crippen molar-refractivity contribution in [2.24, 2.45) is 0 Å². The molecular weight excluding hydrogens is 258 g/mol. The minimum atomic E-state index is -1.20. The van der Waals surface area contributed by atoms with Gasteiger partial charge in [0.15, 0.2) is 11.6 Å². The van der Waals surface area contributed by atoms with Crippen LogP contribution in [0, 0.1) is 11.6 Å². The van der Waals surface area contributed by atoms with Gasteiger partial charge in [0.2, 0.25) is 5.88 Å². The molecule has 5 nitrogen and oxygen atoms in total. The second-order valence-corrected chi connectivity index (χ2v) is 3.60. The summed E-state index contributed by atoms with van der Waals surface area (Å²) in [5.74, 6) is -3.27. The smallest absolute Gasteiger partial charge is 0.337 e. The zero-order valence-corrected chi connectivity index (χ0v) is 9.43. The number of anilines is 1. The number of pyridine rings is 1. The number of aromatic carboxylic acids is 1. The van der Waals surface area contributed by atoms with Crippen molar-refractivity contribution in [3.63, 3.8) is 0 Å². The third-order valence-corrected chi connectivity index (χ3v) is 2.23. The highest BCUT2D eigenvalue weighted by molar-refractivity contribution is 5.88. The van der Waals surface area contributed by atoms with Crippen molar-refractivity contribution in [3.8, 4) is 11.6 Å². The summed E-state index contributed by atoms with van der Waals surface area (Å²) in [6.07, 6.45) is 1.02. The fraction of sp³-hybridized carbons (Fsp3) is 0. The van der Waals surface area contributed by atoms with Crippen LogP contribution in [-0.4, -0.2) is 16.1 Å². The van der Waals surface area contributed by atoms with Gasteiger partial charge in [-0.15, -0.1) is 0 Å². The van der Waals surface area contributed by atoms with Crippen LogP contribution in [0.5, 0.6) is 11.6 Å². The van der Waals surface area contributed by atoms with Gasteiger partial charge >= 0.3 is 5.97 Å². The fourth-order valence-corrected chi connectivity index (χ4v) is 1.33. The lowest BCUT2D eigenvalue weighted by Gasteiger charge is -2.08. The molecule has 2 rings (SSSR count). The van der Waals surface area contributed by atoms with E-state index in [-0.39, 0.29) is 22.9 Å². The van der Waals surface area contributed by atoms with Crippen LogP contribution in [0.3, 0.4) is 0 Å². The number of hydrogen-bond donors (Lipinski definition) is 2. The average molecular weight is 266 g/mol. The number of nitrogen functional groups attached to an aromatic ring is 1. The molecule has 0 aliphatic rings. The number of aromatic nitrogens is 1. The first-order chi connectivity index (χ1) is 8.97. The largest absolute Gasteiger partial charge is 0.478 e. The van der Waals surface area contributed by atoms with Gasteiger partial charge < -0.3 is 15.6 Å². The first-order valence-electron chi connectivity index (χ1n) is 5.09. The third kappa shape index (κ3) is 2.76. The molecule has 0 atom stereocenters. The van der Waals surface area contributed by atoms with Gasteiger partial charge in [0.1, 0.15) is 5.82 Å². The lowest BCUT2D eigenvalue weighted by Crippen LogP contribution is -2.02. The van der Waals surface area contributed by atoms with Gasteiger partial charge in [-0.3, -0.25) is 0 Å². The number of ether oxygens (including phenoxy) is 1. The molecule has 0 aliphatic carbocycles. The summed E-state index contributed by atoms with van der Waals surface area (Å²) >= 11 is 0. The molecule has 1 aromatic carbocycles. The minimum Gasteiger partial charge on any atom is -0.478 e. The van der Waals surface area contributed by atoms with Crippen molar-refractivity contribution in [3.05, 3.63) is 47.7 Å². The quantitative estimate of drug-likeness (QED) is 0.891. The number of nitrogens with two attached hydrogens (primary N) is 1. The zero-order chi connectivity index (χ0) is 14.0. The maximum Gasteiger partial charge on any atom is 0.337 e. The van der Waals surface area contributed by atoms with Gasteiger partial charge in [-0.25, -0.2) is 18.6 Å². The van der Waals surface area contributed by atoms with Gasteiger partial charge in [-0.2, -0.15) is 0 Å². The first kappa shape index (κ1) is 12.7. The van der Waals surface area contributed by atoms with Crippen molar-refractivity contribution >= 4 is 11.7 Å². The summed E-state index contributed by atoms with van der Waals surface area (Å²) in [5.41, 5.74) is 5.35. The van der Waals surface area contributed by atoms with Gasteiger partial charge in [0, 0.05) is 12.3 Å². The molecule has 19 heavy (non-hydrogen) atoms. The van der Waals surface area contributed by atoms with E-state index in [0.717, 1.165) is 24.4 Å². The predicted octanol–water partition coefficient (Wildman–Crippen LogP) is 2.43. The summed E-state index contributed by atoms with van der Waals surface area (Å²) in [5, 5.41) is 8.73. The Labute approximate surface area is 106 Å². The predicted molar refractivity (Wildman–Crippen MR) is 62.0 cm³/mol. The number of carboxylic acid groups (broad SMARTS) is 1. The highest BCUT2D eigenvalue weighted by atomic mass is 19.1. The van der Waals surface area contributed by atoms with E-state index in [0.29, 0.717) is 6.07 Å². The zero-order valence-electron chi connectivity index (χ0n) is 9.43. The van der Waals surface area contributed by atoms with Crippen molar-refractivity contribution in [1.29, 1.82) is 0 Å². The van der Waals surface area contributed by atoms with Crippen molar-refractivity contribution in [2.75, 3.05) is 5.73 Å². The van der Waals surface area contributed by atoms with E-state index in [2.05, 4.69) is 4.98 Å². The Balaban J connectivity index is 2.31. The number of carboxylic acids is 1. The van der Waals surface area contributed by atoms with Crippen LogP contribution in [0.15, 0.2) is 30.5 Å². The molecule has 0 fully saturated rings. The second-order valence-electron chi connectivity index (χ2n) is 3.60. The monoisotopic (exact) mass is 266 g/mol. The van der Waals surface area contributed by atoms with Crippen LogP contribution in [0.2, 0.25) is 0 Å². The molecule has 3 N–H and O–H groups in total. The second kappa shape index (κ2) is 4.89. The van der Waals surface area contributed by atoms with E-state index in [1.807, 2.05) is 0 Å². The summed E-state index contributed by atoms with van der Waals surface area (Å²) < 4.78 is 31.1. The number of halogens is 2. The molecule has 0 radical (unpaired) electrons.